The maximum absolute atomic E-state index is 13.1. The normalized spacial score (nSPS) is 20.2. The third kappa shape index (κ3) is 4.00. The molecule has 1 aromatic heterocycles. The molecule has 0 radical (unpaired) electrons. The highest BCUT2D eigenvalue weighted by Gasteiger charge is 2.29. The summed E-state index contributed by atoms with van der Waals surface area (Å²) in [5.41, 5.74) is 2.00. The van der Waals surface area contributed by atoms with Gasteiger partial charge in [-0.15, -0.1) is 0 Å². The lowest BCUT2D eigenvalue weighted by molar-refractivity contribution is -0.121. The topological polar surface area (TPSA) is 56.2 Å². The lowest BCUT2D eigenvalue weighted by Crippen LogP contribution is -2.30. The van der Waals surface area contributed by atoms with Gasteiger partial charge in [-0.1, -0.05) is 12.1 Å². The minimum Gasteiger partial charge on any atom is -0.373 e. The van der Waals surface area contributed by atoms with Crippen LogP contribution in [0.15, 0.2) is 36.5 Å². The smallest absolute Gasteiger partial charge is 0.220 e. The first kappa shape index (κ1) is 16.6. The van der Waals surface area contributed by atoms with Crippen molar-refractivity contribution in [1.82, 2.24) is 15.1 Å². The average molecular weight is 331 g/mol. The molecule has 0 bridgehead atoms. The Morgan fingerprint density at radius 2 is 2.17 bits per heavy atom. The molecule has 1 aromatic carbocycles. The standard InChI is InChI=1S/C18H22FN3O2/c1-22-16(8-10-21-22)6-7-17(23)20-12-14-9-11-24-18(14)13-2-4-15(19)5-3-13/h2-5,8,10,14,18H,6-7,9,11-12H2,1H3,(H,20,23)/t14-,18-/m0/s1. The number of carbonyl (C=O) groups excluding carboxylic acids is 1. The molecule has 0 saturated carbocycles. The fraction of sp³-hybridized carbons (Fsp3) is 0.444. The maximum atomic E-state index is 13.1. The van der Waals surface area contributed by atoms with E-state index in [0.717, 1.165) is 17.7 Å². The van der Waals surface area contributed by atoms with E-state index >= 15 is 0 Å². The number of rotatable bonds is 6. The van der Waals surface area contributed by atoms with Gasteiger partial charge in [0, 0.05) is 44.4 Å². The predicted molar refractivity (Wildman–Crippen MR) is 87.7 cm³/mol. The second-order valence-electron chi connectivity index (χ2n) is 6.14. The summed E-state index contributed by atoms with van der Waals surface area (Å²) in [5.74, 6) is -0.00571. The van der Waals surface area contributed by atoms with Crippen LogP contribution in [0.2, 0.25) is 0 Å². The quantitative estimate of drug-likeness (QED) is 0.884. The van der Waals surface area contributed by atoms with E-state index in [0.29, 0.717) is 26.0 Å². The predicted octanol–water partition coefficient (Wildman–Crippen LogP) is 2.39. The molecular formula is C18H22FN3O2. The molecule has 1 amide bonds. The minimum absolute atomic E-state index is 0.0287. The van der Waals surface area contributed by atoms with Crippen molar-refractivity contribution in [3.05, 3.63) is 53.6 Å². The van der Waals surface area contributed by atoms with Gasteiger partial charge in [-0.05, 0) is 36.6 Å². The molecule has 0 spiro atoms. The van der Waals surface area contributed by atoms with Crippen LogP contribution in [0.3, 0.4) is 0 Å². The van der Waals surface area contributed by atoms with Crippen molar-refractivity contribution in [3.8, 4) is 0 Å². The van der Waals surface area contributed by atoms with Gasteiger partial charge in [-0.2, -0.15) is 5.10 Å². The first-order valence-electron chi connectivity index (χ1n) is 8.24. The van der Waals surface area contributed by atoms with Crippen molar-refractivity contribution in [1.29, 1.82) is 0 Å². The summed E-state index contributed by atoms with van der Waals surface area (Å²) in [6.45, 7) is 1.24. The number of aromatic nitrogens is 2. The van der Waals surface area contributed by atoms with E-state index in [4.69, 9.17) is 4.74 Å². The van der Waals surface area contributed by atoms with Crippen molar-refractivity contribution in [2.45, 2.75) is 25.4 Å². The molecule has 0 aliphatic carbocycles. The summed E-state index contributed by atoms with van der Waals surface area (Å²) in [6.07, 6.45) is 3.66. The Balaban J connectivity index is 1.49. The van der Waals surface area contributed by atoms with Crippen LogP contribution < -0.4 is 5.32 Å². The van der Waals surface area contributed by atoms with Crippen molar-refractivity contribution < 1.29 is 13.9 Å². The first-order chi connectivity index (χ1) is 11.6. The molecular weight excluding hydrogens is 309 g/mol. The number of carbonyl (C=O) groups is 1. The molecule has 128 valence electrons. The van der Waals surface area contributed by atoms with E-state index < -0.39 is 0 Å². The van der Waals surface area contributed by atoms with E-state index in [9.17, 15) is 9.18 Å². The van der Waals surface area contributed by atoms with Gasteiger partial charge in [0.1, 0.15) is 5.82 Å². The molecule has 1 aliphatic rings. The van der Waals surface area contributed by atoms with Crippen LogP contribution in [0.4, 0.5) is 4.39 Å². The van der Waals surface area contributed by atoms with E-state index in [1.807, 2.05) is 13.1 Å². The van der Waals surface area contributed by atoms with Crippen LogP contribution in [0, 0.1) is 11.7 Å². The van der Waals surface area contributed by atoms with Gasteiger partial charge in [0.25, 0.3) is 0 Å². The molecule has 1 N–H and O–H groups in total. The zero-order valence-corrected chi connectivity index (χ0v) is 13.7. The Morgan fingerprint density at radius 1 is 1.38 bits per heavy atom. The second-order valence-corrected chi connectivity index (χ2v) is 6.14. The highest BCUT2D eigenvalue weighted by Crippen LogP contribution is 2.34. The molecule has 0 unspecified atom stereocenters. The van der Waals surface area contributed by atoms with E-state index in [1.54, 1.807) is 23.0 Å². The van der Waals surface area contributed by atoms with Crippen LogP contribution in [0.5, 0.6) is 0 Å². The average Bonchev–Trinajstić information content (AvgIpc) is 3.20. The zero-order valence-electron chi connectivity index (χ0n) is 13.7. The van der Waals surface area contributed by atoms with Crippen molar-refractivity contribution >= 4 is 5.91 Å². The lowest BCUT2D eigenvalue weighted by Gasteiger charge is -2.19. The molecule has 6 heteroatoms. The molecule has 5 nitrogen and oxygen atoms in total. The molecule has 2 aromatic rings. The summed E-state index contributed by atoms with van der Waals surface area (Å²) in [6, 6.07) is 8.31. The molecule has 24 heavy (non-hydrogen) atoms. The summed E-state index contributed by atoms with van der Waals surface area (Å²) >= 11 is 0. The number of aryl methyl sites for hydroxylation is 2. The zero-order chi connectivity index (χ0) is 16.9. The number of benzene rings is 1. The third-order valence-electron chi connectivity index (χ3n) is 4.50. The molecule has 2 heterocycles. The highest BCUT2D eigenvalue weighted by atomic mass is 19.1. The number of hydrogen-bond donors (Lipinski definition) is 1. The summed E-state index contributed by atoms with van der Waals surface area (Å²) in [5, 5.41) is 7.09. The van der Waals surface area contributed by atoms with Gasteiger partial charge in [0.15, 0.2) is 0 Å². The Kier molecular flexibility index (Phi) is 5.25. The Bertz CT molecular complexity index is 684. The number of ether oxygens (including phenoxy) is 1. The maximum Gasteiger partial charge on any atom is 0.220 e. The molecule has 1 fully saturated rings. The molecule has 3 rings (SSSR count). The summed E-state index contributed by atoms with van der Waals surface area (Å²) < 4.78 is 20.6. The van der Waals surface area contributed by atoms with Crippen LogP contribution in [0.25, 0.3) is 0 Å². The van der Waals surface area contributed by atoms with E-state index in [2.05, 4.69) is 10.4 Å². The van der Waals surface area contributed by atoms with Gasteiger partial charge in [0.05, 0.1) is 6.10 Å². The van der Waals surface area contributed by atoms with Gasteiger partial charge in [-0.3, -0.25) is 9.48 Å². The van der Waals surface area contributed by atoms with Crippen molar-refractivity contribution in [2.24, 2.45) is 13.0 Å². The van der Waals surface area contributed by atoms with E-state index in [-0.39, 0.29) is 23.7 Å². The lowest BCUT2D eigenvalue weighted by atomic mass is 9.95. The van der Waals surface area contributed by atoms with Gasteiger partial charge >= 0.3 is 0 Å². The number of hydrogen-bond acceptors (Lipinski definition) is 3. The first-order valence-corrected chi connectivity index (χ1v) is 8.24. The Morgan fingerprint density at radius 3 is 2.88 bits per heavy atom. The van der Waals surface area contributed by atoms with Crippen LogP contribution >= 0.6 is 0 Å². The third-order valence-corrected chi connectivity index (χ3v) is 4.50. The molecule has 1 aliphatic heterocycles. The molecule has 1 saturated heterocycles. The number of amides is 1. The second kappa shape index (κ2) is 7.57. The number of nitrogens with one attached hydrogen (secondary N) is 1. The van der Waals surface area contributed by atoms with Crippen molar-refractivity contribution in [3.63, 3.8) is 0 Å². The van der Waals surface area contributed by atoms with Crippen LogP contribution in [-0.4, -0.2) is 28.8 Å². The number of nitrogens with zero attached hydrogens (tertiary/aromatic N) is 2. The largest absolute Gasteiger partial charge is 0.373 e. The van der Waals surface area contributed by atoms with Gasteiger partial charge in [-0.25, -0.2) is 4.39 Å². The Labute approximate surface area is 140 Å². The van der Waals surface area contributed by atoms with Gasteiger partial charge < -0.3 is 10.1 Å². The molecule has 2 atom stereocenters. The van der Waals surface area contributed by atoms with Crippen molar-refractivity contribution in [2.75, 3.05) is 13.2 Å². The Hall–Kier alpha value is -2.21. The minimum atomic E-state index is -0.253. The SMILES string of the molecule is Cn1nccc1CCC(=O)NC[C@@H]1CCO[C@H]1c1ccc(F)cc1. The highest BCUT2D eigenvalue weighted by molar-refractivity contribution is 5.76. The van der Waals surface area contributed by atoms with Gasteiger partial charge in [0.2, 0.25) is 5.91 Å². The van der Waals surface area contributed by atoms with Crippen LogP contribution in [0.1, 0.15) is 30.2 Å². The van der Waals surface area contributed by atoms with E-state index in [1.165, 1.54) is 12.1 Å². The fourth-order valence-corrected chi connectivity index (χ4v) is 3.09. The summed E-state index contributed by atoms with van der Waals surface area (Å²) in [7, 11) is 1.87. The monoisotopic (exact) mass is 331 g/mol. The summed E-state index contributed by atoms with van der Waals surface area (Å²) in [4.78, 5) is 12.1. The van der Waals surface area contributed by atoms with Crippen LogP contribution in [-0.2, 0) is 23.0 Å². The fourth-order valence-electron chi connectivity index (χ4n) is 3.09. The number of halogens is 1.